The summed E-state index contributed by atoms with van der Waals surface area (Å²) >= 11 is 1.49. The molecule has 0 rings (SSSR count). The van der Waals surface area contributed by atoms with Gasteiger partial charge in [0.2, 0.25) is 0 Å². The van der Waals surface area contributed by atoms with E-state index < -0.39 is 0 Å². The molecule has 0 spiro atoms. The van der Waals surface area contributed by atoms with E-state index in [-0.39, 0.29) is 0 Å². The summed E-state index contributed by atoms with van der Waals surface area (Å²) in [6.07, 6.45) is 2.79. The molecule has 60 valence electrons. The van der Waals surface area contributed by atoms with Gasteiger partial charge in [0, 0.05) is 11.7 Å². The second-order valence-corrected chi connectivity index (χ2v) is 3.95. The minimum absolute atomic E-state index is 0.344. The molecule has 0 aromatic rings. The fraction of sp³-hybridized carbons (Fsp3) is 0.875. The highest BCUT2D eigenvalue weighted by atomic mass is 32.2. The fourth-order valence-electron chi connectivity index (χ4n) is 0.571. The standard InChI is InChI=1S/C8H16OS/c1-4-6-8(9)10-7(3)5-2/h7H,4-6H2,1-3H3. The van der Waals surface area contributed by atoms with E-state index in [0.717, 1.165) is 19.3 Å². The lowest BCUT2D eigenvalue weighted by Gasteiger charge is -2.04. The summed E-state index contributed by atoms with van der Waals surface area (Å²) in [7, 11) is 0. The van der Waals surface area contributed by atoms with E-state index in [4.69, 9.17) is 0 Å². The number of carbonyl (C=O) groups excluding carboxylic acids is 1. The van der Waals surface area contributed by atoms with Gasteiger partial charge in [-0.05, 0) is 12.8 Å². The van der Waals surface area contributed by atoms with E-state index in [1.54, 1.807) is 0 Å². The maximum atomic E-state index is 11.0. The van der Waals surface area contributed by atoms with Gasteiger partial charge in [0.15, 0.2) is 5.12 Å². The van der Waals surface area contributed by atoms with Gasteiger partial charge >= 0.3 is 0 Å². The topological polar surface area (TPSA) is 17.1 Å². The second-order valence-electron chi connectivity index (χ2n) is 2.46. The van der Waals surface area contributed by atoms with Crippen LogP contribution < -0.4 is 0 Å². The maximum absolute atomic E-state index is 11.0. The van der Waals surface area contributed by atoms with Crippen LogP contribution in [0.5, 0.6) is 0 Å². The lowest BCUT2D eigenvalue weighted by molar-refractivity contribution is -0.111. The highest BCUT2D eigenvalue weighted by molar-refractivity contribution is 8.14. The Labute approximate surface area is 67.6 Å². The molecule has 0 heterocycles. The predicted molar refractivity (Wildman–Crippen MR) is 47.3 cm³/mol. The minimum Gasteiger partial charge on any atom is -0.287 e. The number of carbonyl (C=O) groups is 1. The van der Waals surface area contributed by atoms with E-state index in [2.05, 4.69) is 13.8 Å². The summed E-state index contributed by atoms with van der Waals surface area (Å²) in [5, 5.41) is 0.843. The van der Waals surface area contributed by atoms with Gasteiger partial charge in [0.25, 0.3) is 0 Å². The van der Waals surface area contributed by atoms with Gasteiger partial charge in [-0.1, -0.05) is 32.5 Å². The molecule has 0 bridgehead atoms. The summed E-state index contributed by atoms with van der Waals surface area (Å²) in [5.74, 6) is 0. The zero-order valence-electron chi connectivity index (χ0n) is 7.02. The largest absolute Gasteiger partial charge is 0.287 e. The van der Waals surface area contributed by atoms with Crippen LogP contribution in [-0.4, -0.2) is 10.4 Å². The van der Waals surface area contributed by atoms with Crippen LogP contribution in [0.1, 0.15) is 40.0 Å². The average Bonchev–Trinajstić information content (AvgIpc) is 1.88. The number of thioether (sulfide) groups is 1. The Balaban J connectivity index is 3.37. The van der Waals surface area contributed by atoms with Crippen molar-refractivity contribution in [2.24, 2.45) is 0 Å². The lowest BCUT2D eigenvalue weighted by atomic mass is 10.4. The van der Waals surface area contributed by atoms with Crippen molar-refractivity contribution >= 4 is 16.9 Å². The molecule has 0 aliphatic rings. The van der Waals surface area contributed by atoms with Gasteiger partial charge in [-0.2, -0.15) is 0 Å². The molecule has 0 aromatic heterocycles. The van der Waals surface area contributed by atoms with Gasteiger partial charge in [-0.25, -0.2) is 0 Å². The van der Waals surface area contributed by atoms with E-state index in [9.17, 15) is 4.79 Å². The number of rotatable bonds is 4. The van der Waals surface area contributed by atoms with Crippen LogP contribution in [0.15, 0.2) is 0 Å². The first kappa shape index (κ1) is 10.0. The monoisotopic (exact) mass is 160 g/mol. The quantitative estimate of drug-likeness (QED) is 0.629. The van der Waals surface area contributed by atoms with E-state index in [1.165, 1.54) is 11.8 Å². The third-order valence-electron chi connectivity index (χ3n) is 1.36. The highest BCUT2D eigenvalue weighted by Crippen LogP contribution is 2.16. The van der Waals surface area contributed by atoms with Crippen molar-refractivity contribution in [3.8, 4) is 0 Å². The van der Waals surface area contributed by atoms with Gasteiger partial charge in [-0.15, -0.1) is 0 Å². The molecule has 1 unspecified atom stereocenters. The zero-order chi connectivity index (χ0) is 7.98. The molecule has 0 N–H and O–H groups in total. The zero-order valence-corrected chi connectivity index (χ0v) is 7.83. The van der Waals surface area contributed by atoms with Crippen molar-refractivity contribution in [1.82, 2.24) is 0 Å². The van der Waals surface area contributed by atoms with E-state index in [1.807, 2.05) is 6.92 Å². The molecule has 0 aliphatic carbocycles. The Morgan fingerprint density at radius 2 is 2.10 bits per heavy atom. The van der Waals surface area contributed by atoms with Crippen LogP contribution in [0.25, 0.3) is 0 Å². The summed E-state index contributed by atoms with van der Waals surface area (Å²) in [6.45, 7) is 6.24. The van der Waals surface area contributed by atoms with Gasteiger partial charge in [0.1, 0.15) is 0 Å². The SMILES string of the molecule is CCCC(=O)SC(C)CC. The third-order valence-corrected chi connectivity index (χ3v) is 2.56. The predicted octanol–water partition coefficient (Wildman–Crippen LogP) is 2.84. The van der Waals surface area contributed by atoms with Crippen LogP contribution >= 0.6 is 11.8 Å². The summed E-state index contributed by atoms with van der Waals surface area (Å²) in [4.78, 5) is 11.0. The molecule has 1 nitrogen and oxygen atoms in total. The Bertz CT molecular complexity index is 101. The van der Waals surface area contributed by atoms with Crippen molar-refractivity contribution in [1.29, 1.82) is 0 Å². The summed E-state index contributed by atoms with van der Waals surface area (Å²) in [5.41, 5.74) is 0. The smallest absolute Gasteiger partial charge is 0.189 e. The Morgan fingerprint density at radius 3 is 2.50 bits per heavy atom. The number of hydrogen-bond donors (Lipinski definition) is 0. The molecule has 0 saturated heterocycles. The van der Waals surface area contributed by atoms with Crippen molar-refractivity contribution < 1.29 is 4.79 Å². The average molecular weight is 160 g/mol. The Hall–Kier alpha value is 0.0200. The molecule has 0 aromatic carbocycles. The van der Waals surface area contributed by atoms with E-state index in [0.29, 0.717) is 10.4 Å². The van der Waals surface area contributed by atoms with Crippen LogP contribution in [0.2, 0.25) is 0 Å². The first-order chi connectivity index (χ1) is 4.70. The molecule has 0 fully saturated rings. The Morgan fingerprint density at radius 1 is 1.50 bits per heavy atom. The van der Waals surface area contributed by atoms with Crippen LogP contribution in [0, 0.1) is 0 Å². The summed E-state index contributed by atoms with van der Waals surface area (Å²) in [6, 6.07) is 0. The molecule has 0 amide bonds. The van der Waals surface area contributed by atoms with Crippen molar-refractivity contribution in [2.45, 2.75) is 45.3 Å². The molecule has 0 aliphatic heterocycles. The van der Waals surface area contributed by atoms with Crippen molar-refractivity contribution in [2.75, 3.05) is 0 Å². The van der Waals surface area contributed by atoms with Crippen molar-refractivity contribution in [3.05, 3.63) is 0 Å². The lowest BCUT2D eigenvalue weighted by Crippen LogP contribution is -1.99. The molecule has 10 heavy (non-hydrogen) atoms. The maximum Gasteiger partial charge on any atom is 0.189 e. The van der Waals surface area contributed by atoms with E-state index >= 15 is 0 Å². The first-order valence-electron chi connectivity index (χ1n) is 3.90. The molecule has 0 radical (unpaired) electrons. The molecular formula is C8H16OS. The normalized spacial score (nSPS) is 13.1. The highest BCUT2D eigenvalue weighted by Gasteiger charge is 2.05. The number of hydrogen-bond acceptors (Lipinski definition) is 2. The van der Waals surface area contributed by atoms with Crippen LogP contribution in [0.3, 0.4) is 0 Å². The van der Waals surface area contributed by atoms with Gasteiger partial charge < -0.3 is 0 Å². The fourth-order valence-corrected chi connectivity index (χ4v) is 1.51. The first-order valence-corrected chi connectivity index (χ1v) is 4.78. The minimum atomic E-state index is 0.344. The summed E-state index contributed by atoms with van der Waals surface area (Å²) < 4.78 is 0. The third kappa shape index (κ3) is 4.86. The second kappa shape index (κ2) is 5.78. The molecule has 1 atom stereocenters. The van der Waals surface area contributed by atoms with Gasteiger partial charge in [-0.3, -0.25) is 4.79 Å². The molecule has 2 heteroatoms. The van der Waals surface area contributed by atoms with Crippen LogP contribution in [0.4, 0.5) is 0 Å². The molecule has 0 saturated carbocycles. The van der Waals surface area contributed by atoms with Gasteiger partial charge in [0.05, 0.1) is 0 Å². The van der Waals surface area contributed by atoms with Crippen LogP contribution in [-0.2, 0) is 4.79 Å². The molecular weight excluding hydrogens is 144 g/mol. The van der Waals surface area contributed by atoms with Crippen molar-refractivity contribution in [3.63, 3.8) is 0 Å². The Kier molecular flexibility index (Phi) is 5.79.